The van der Waals surface area contributed by atoms with Crippen LogP contribution in [-0.2, 0) is 14.8 Å². The molecule has 0 spiro atoms. The molecule has 2 atom stereocenters. The molecule has 1 aromatic carbocycles. The van der Waals surface area contributed by atoms with Crippen LogP contribution in [0.5, 0.6) is 0 Å². The SMILES string of the molecule is CC1CC(C(=O)O)CN(S(=O)(=O)c2cccc(Br)c2C#N)C1. The highest BCUT2D eigenvalue weighted by Gasteiger charge is 2.37. The Bertz CT molecular complexity index is 742. The summed E-state index contributed by atoms with van der Waals surface area (Å²) in [5.74, 6) is -1.78. The third-order valence-electron chi connectivity index (χ3n) is 3.68. The number of benzene rings is 1. The number of nitrogens with zero attached hydrogens (tertiary/aromatic N) is 2. The molecule has 6 nitrogen and oxygen atoms in total. The topological polar surface area (TPSA) is 98.5 Å². The van der Waals surface area contributed by atoms with Crippen molar-refractivity contribution in [2.45, 2.75) is 18.2 Å². The fourth-order valence-electron chi connectivity index (χ4n) is 2.64. The van der Waals surface area contributed by atoms with Gasteiger partial charge in [-0.2, -0.15) is 9.57 Å². The summed E-state index contributed by atoms with van der Waals surface area (Å²) in [4.78, 5) is 11.1. The average Bonchev–Trinajstić information content (AvgIpc) is 2.46. The van der Waals surface area contributed by atoms with Gasteiger partial charge < -0.3 is 5.11 Å². The Labute approximate surface area is 137 Å². The van der Waals surface area contributed by atoms with Crippen molar-refractivity contribution in [3.05, 3.63) is 28.2 Å². The average molecular weight is 387 g/mol. The smallest absolute Gasteiger partial charge is 0.307 e. The highest BCUT2D eigenvalue weighted by molar-refractivity contribution is 9.10. The second-order valence-electron chi connectivity index (χ2n) is 5.42. The van der Waals surface area contributed by atoms with Gasteiger partial charge in [0, 0.05) is 17.6 Å². The van der Waals surface area contributed by atoms with Gasteiger partial charge in [-0.3, -0.25) is 4.79 Å². The maximum atomic E-state index is 12.8. The molecule has 1 aliphatic rings. The van der Waals surface area contributed by atoms with Gasteiger partial charge in [0.05, 0.1) is 11.5 Å². The molecule has 0 radical (unpaired) electrons. The second kappa shape index (κ2) is 6.36. The summed E-state index contributed by atoms with van der Waals surface area (Å²) in [7, 11) is -3.91. The van der Waals surface area contributed by atoms with Crippen LogP contribution >= 0.6 is 15.9 Å². The molecule has 0 amide bonds. The molecule has 1 fully saturated rings. The number of sulfonamides is 1. The number of nitriles is 1. The lowest BCUT2D eigenvalue weighted by molar-refractivity contribution is -0.143. The van der Waals surface area contributed by atoms with Gasteiger partial charge in [0.25, 0.3) is 0 Å². The first-order valence-corrected chi connectivity index (χ1v) is 8.92. The van der Waals surface area contributed by atoms with Crippen LogP contribution in [0.4, 0.5) is 0 Å². The Kier molecular flexibility index (Phi) is 4.90. The molecular formula is C14H15BrN2O4S. The van der Waals surface area contributed by atoms with Crippen molar-refractivity contribution in [1.29, 1.82) is 5.26 Å². The molecule has 1 aromatic rings. The van der Waals surface area contributed by atoms with Crippen molar-refractivity contribution < 1.29 is 18.3 Å². The standard InChI is InChI=1S/C14H15BrN2O4S/c1-9-5-10(14(18)19)8-17(7-9)22(20,21)13-4-2-3-12(15)11(13)6-16/h2-4,9-10H,5,7-8H2,1H3,(H,18,19). The maximum Gasteiger partial charge on any atom is 0.307 e. The van der Waals surface area contributed by atoms with Crippen molar-refractivity contribution in [2.75, 3.05) is 13.1 Å². The highest BCUT2D eigenvalue weighted by atomic mass is 79.9. The third-order valence-corrected chi connectivity index (χ3v) is 6.22. The first-order valence-electron chi connectivity index (χ1n) is 6.69. The molecule has 1 saturated heterocycles. The van der Waals surface area contributed by atoms with E-state index in [2.05, 4.69) is 15.9 Å². The fourth-order valence-corrected chi connectivity index (χ4v) is 5.00. The molecule has 1 heterocycles. The van der Waals surface area contributed by atoms with E-state index < -0.39 is 21.9 Å². The number of hydrogen-bond acceptors (Lipinski definition) is 4. The van der Waals surface area contributed by atoms with E-state index in [0.29, 0.717) is 10.9 Å². The van der Waals surface area contributed by atoms with Gasteiger partial charge in [-0.1, -0.05) is 13.0 Å². The minimum Gasteiger partial charge on any atom is -0.481 e. The van der Waals surface area contributed by atoms with Gasteiger partial charge in [-0.25, -0.2) is 8.42 Å². The molecule has 1 aliphatic heterocycles. The summed E-state index contributed by atoms with van der Waals surface area (Å²) in [6, 6.07) is 6.39. The number of carboxylic acid groups (broad SMARTS) is 1. The molecule has 0 aliphatic carbocycles. The normalized spacial score (nSPS) is 23.0. The van der Waals surface area contributed by atoms with Crippen LogP contribution in [0, 0.1) is 23.2 Å². The van der Waals surface area contributed by atoms with Gasteiger partial charge in [-0.05, 0) is 40.4 Å². The van der Waals surface area contributed by atoms with Crippen LogP contribution in [0.15, 0.2) is 27.6 Å². The molecule has 118 valence electrons. The van der Waals surface area contributed by atoms with E-state index >= 15 is 0 Å². The van der Waals surface area contributed by atoms with Crippen LogP contribution in [-0.4, -0.2) is 36.9 Å². The van der Waals surface area contributed by atoms with E-state index in [-0.39, 0.29) is 29.5 Å². The molecule has 2 rings (SSSR count). The largest absolute Gasteiger partial charge is 0.481 e. The quantitative estimate of drug-likeness (QED) is 0.856. The minimum absolute atomic E-state index is 0.0348. The Morgan fingerprint density at radius 1 is 1.45 bits per heavy atom. The zero-order valence-electron chi connectivity index (χ0n) is 11.9. The summed E-state index contributed by atoms with van der Waals surface area (Å²) in [5.41, 5.74) is 0.0348. The van der Waals surface area contributed by atoms with E-state index in [9.17, 15) is 23.6 Å². The van der Waals surface area contributed by atoms with E-state index in [0.717, 1.165) is 0 Å². The monoisotopic (exact) mass is 386 g/mol. The molecule has 0 saturated carbocycles. The molecular weight excluding hydrogens is 372 g/mol. The van der Waals surface area contributed by atoms with Crippen LogP contribution in [0.25, 0.3) is 0 Å². The Hall–Kier alpha value is -1.43. The number of aliphatic carboxylic acids is 1. The number of halogens is 1. The Balaban J connectivity index is 2.45. The molecule has 0 bridgehead atoms. The maximum absolute atomic E-state index is 12.8. The van der Waals surface area contributed by atoms with Crippen LogP contribution < -0.4 is 0 Å². The summed E-state index contributed by atoms with van der Waals surface area (Å²) in [6.07, 6.45) is 0.449. The molecule has 2 unspecified atom stereocenters. The molecule has 22 heavy (non-hydrogen) atoms. The molecule has 1 N–H and O–H groups in total. The third kappa shape index (κ3) is 3.16. The number of carboxylic acids is 1. The predicted octanol–water partition coefficient (Wildman–Crippen LogP) is 2.05. The first kappa shape index (κ1) is 16.9. The molecule has 0 aromatic heterocycles. The lowest BCUT2D eigenvalue weighted by Gasteiger charge is -2.33. The van der Waals surface area contributed by atoms with Crippen LogP contribution in [0.1, 0.15) is 18.9 Å². The lowest BCUT2D eigenvalue weighted by atomic mass is 9.92. The van der Waals surface area contributed by atoms with Gasteiger partial charge in [-0.15, -0.1) is 0 Å². The van der Waals surface area contributed by atoms with Crippen molar-refractivity contribution in [3.63, 3.8) is 0 Å². The Morgan fingerprint density at radius 3 is 2.73 bits per heavy atom. The Morgan fingerprint density at radius 2 is 2.14 bits per heavy atom. The van der Waals surface area contributed by atoms with Crippen molar-refractivity contribution in [1.82, 2.24) is 4.31 Å². The van der Waals surface area contributed by atoms with Crippen molar-refractivity contribution in [2.24, 2.45) is 11.8 Å². The highest BCUT2D eigenvalue weighted by Crippen LogP contribution is 2.30. The first-order chi connectivity index (χ1) is 10.3. The van der Waals surface area contributed by atoms with Gasteiger partial charge >= 0.3 is 5.97 Å². The summed E-state index contributed by atoms with van der Waals surface area (Å²) >= 11 is 3.17. The zero-order valence-corrected chi connectivity index (χ0v) is 14.3. The summed E-state index contributed by atoms with van der Waals surface area (Å²) in [6.45, 7) is 2.01. The van der Waals surface area contributed by atoms with Crippen molar-refractivity contribution >= 4 is 31.9 Å². The van der Waals surface area contributed by atoms with Crippen LogP contribution in [0.3, 0.4) is 0 Å². The van der Waals surface area contributed by atoms with Crippen molar-refractivity contribution in [3.8, 4) is 6.07 Å². The van der Waals surface area contributed by atoms with Gasteiger partial charge in [0.2, 0.25) is 10.0 Å². The molecule has 8 heteroatoms. The predicted molar refractivity (Wildman–Crippen MR) is 82.5 cm³/mol. The van der Waals surface area contributed by atoms with Gasteiger partial charge in [0.1, 0.15) is 11.0 Å². The van der Waals surface area contributed by atoms with E-state index in [4.69, 9.17) is 0 Å². The van der Waals surface area contributed by atoms with Gasteiger partial charge in [0.15, 0.2) is 0 Å². The number of piperidine rings is 1. The number of rotatable bonds is 3. The van der Waals surface area contributed by atoms with Crippen LogP contribution in [0.2, 0.25) is 0 Å². The number of carbonyl (C=O) groups is 1. The zero-order chi connectivity index (χ0) is 16.5. The second-order valence-corrected chi connectivity index (χ2v) is 8.18. The minimum atomic E-state index is -3.91. The number of hydrogen-bond donors (Lipinski definition) is 1. The van der Waals surface area contributed by atoms with E-state index in [1.54, 1.807) is 12.1 Å². The van der Waals surface area contributed by atoms with E-state index in [1.165, 1.54) is 10.4 Å². The summed E-state index contributed by atoms with van der Waals surface area (Å²) < 4.78 is 27.2. The van der Waals surface area contributed by atoms with E-state index in [1.807, 2.05) is 13.0 Å². The summed E-state index contributed by atoms with van der Waals surface area (Å²) in [5, 5.41) is 18.4. The fraction of sp³-hybridized carbons (Fsp3) is 0.429. The lowest BCUT2D eigenvalue weighted by Crippen LogP contribution is -2.45.